The van der Waals surface area contributed by atoms with Crippen LogP contribution in [0.3, 0.4) is 0 Å². The third-order valence-electron chi connectivity index (χ3n) is 5.95. The second-order valence-corrected chi connectivity index (χ2v) is 8.45. The number of halogens is 1. The Labute approximate surface area is 188 Å². The molecule has 0 radical (unpaired) electrons. The topological polar surface area (TPSA) is 78.7 Å². The quantitative estimate of drug-likeness (QED) is 0.392. The van der Waals surface area contributed by atoms with Gasteiger partial charge in [0.05, 0.1) is 0 Å². The largest absolute Gasteiger partial charge is 0.434 e. The van der Waals surface area contributed by atoms with Gasteiger partial charge in [0.1, 0.15) is 11.5 Å². The molecule has 1 saturated carbocycles. The summed E-state index contributed by atoms with van der Waals surface area (Å²) >= 11 is 0. The summed E-state index contributed by atoms with van der Waals surface area (Å²) in [4.78, 5) is 26.3. The number of hydrogen-bond donors (Lipinski definition) is 0. The van der Waals surface area contributed by atoms with Gasteiger partial charge in [0.2, 0.25) is 5.89 Å². The Morgan fingerprint density at radius 1 is 1.06 bits per heavy atom. The third kappa shape index (κ3) is 3.34. The van der Waals surface area contributed by atoms with Crippen LogP contribution in [0.15, 0.2) is 64.2 Å². The van der Waals surface area contributed by atoms with Gasteiger partial charge >= 0.3 is 5.69 Å². The van der Waals surface area contributed by atoms with Crippen LogP contribution in [-0.2, 0) is 0 Å². The number of oxazole rings is 1. The van der Waals surface area contributed by atoms with E-state index in [2.05, 4.69) is 15.0 Å². The van der Waals surface area contributed by atoms with E-state index in [0.29, 0.717) is 40.0 Å². The van der Waals surface area contributed by atoms with Crippen molar-refractivity contribution in [2.24, 2.45) is 0 Å². The first-order valence-corrected chi connectivity index (χ1v) is 10.8. The number of aryl methyl sites for hydroxylation is 2. The van der Waals surface area contributed by atoms with E-state index >= 15 is 0 Å². The molecule has 0 bridgehead atoms. The standard InChI is InChI=1S/C25H20FN5O2/c1-14-3-4-16(12-20(14)26)21-23(28-24(33-21)17-7-9-27-15(2)11-17)31-13-18-8-10-30(19-5-6-19)22(18)29-25(31)32/h3-4,7-13,19H,5-6H2,1-2H3. The number of hydrogen-bond acceptors (Lipinski definition) is 5. The minimum Gasteiger partial charge on any atom is -0.434 e. The summed E-state index contributed by atoms with van der Waals surface area (Å²) in [6.45, 7) is 3.56. The van der Waals surface area contributed by atoms with E-state index in [-0.39, 0.29) is 11.6 Å². The van der Waals surface area contributed by atoms with E-state index in [9.17, 15) is 9.18 Å². The van der Waals surface area contributed by atoms with Crippen molar-refractivity contribution in [2.75, 3.05) is 0 Å². The van der Waals surface area contributed by atoms with Crippen molar-refractivity contribution in [2.45, 2.75) is 32.7 Å². The minimum absolute atomic E-state index is 0.265. The Morgan fingerprint density at radius 2 is 1.91 bits per heavy atom. The summed E-state index contributed by atoms with van der Waals surface area (Å²) in [5.41, 5.74) is 2.71. The fourth-order valence-corrected chi connectivity index (χ4v) is 4.02. The van der Waals surface area contributed by atoms with Gasteiger partial charge in [0, 0.05) is 46.8 Å². The molecule has 6 rings (SSSR count). The van der Waals surface area contributed by atoms with Crippen molar-refractivity contribution in [3.05, 3.63) is 82.5 Å². The van der Waals surface area contributed by atoms with Crippen LogP contribution < -0.4 is 5.69 Å². The number of rotatable bonds is 4. The predicted octanol–water partition coefficient (Wildman–Crippen LogP) is 5.00. The van der Waals surface area contributed by atoms with E-state index in [1.165, 1.54) is 10.6 Å². The average molecular weight is 441 g/mol. The molecule has 0 amide bonds. The highest BCUT2D eigenvalue weighted by molar-refractivity contribution is 5.76. The summed E-state index contributed by atoms with van der Waals surface area (Å²) < 4.78 is 23.9. The first kappa shape index (κ1) is 19.6. The summed E-state index contributed by atoms with van der Waals surface area (Å²) in [5.74, 6) is 0.511. The van der Waals surface area contributed by atoms with E-state index < -0.39 is 5.69 Å². The molecule has 164 valence electrons. The van der Waals surface area contributed by atoms with Crippen molar-refractivity contribution in [3.8, 4) is 28.6 Å². The van der Waals surface area contributed by atoms with Crippen LogP contribution in [0.5, 0.6) is 0 Å². The maximum absolute atomic E-state index is 14.4. The molecule has 0 saturated heterocycles. The van der Waals surface area contributed by atoms with Gasteiger partial charge in [0.15, 0.2) is 11.6 Å². The molecular formula is C25H20FN5O2. The molecule has 1 aliphatic rings. The Hall–Kier alpha value is -4.07. The molecule has 4 aromatic heterocycles. The van der Waals surface area contributed by atoms with Crippen molar-refractivity contribution >= 4 is 11.0 Å². The fraction of sp³-hybridized carbons (Fsp3) is 0.200. The number of benzene rings is 1. The predicted molar refractivity (Wildman–Crippen MR) is 122 cm³/mol. The minimum atomic E-state index is -0.470. The molecule has 4 heterocycles. The molecular weight excluding hydrogens is 421 g/mol. The van der Waals surface area contributed by atoms with Crippen LogP contribution >= 0.6 is 0 Å². The van der Waals surface area contributed by atoms with Gasteiger partial charge in [-0.25, -0.2) is 13.8 Å². The number of pyridine rings is 1. The zero-order valence-electron chi connectivity index (χ0n) is 18.1. The molecule has 33 heavy (non-hydrogen) atoms. The van der Waals surface area contributed by atoms with Gasteiger partial charge in [-0.05, 0) is 56.5 Å². The van der Waals surface area contributed by atoms with Crippen molar-refractivity contribution < 1.29 is 8.81 Å². The summed E-state index contributed by atoms with van der Waals surface area (Å²) in [5, 5.41) is 0.826. The molecule has 5 aromatic rings. The summed E-state index contributed by atoms with van der Waals surface area (Å²) in [7, 11) is 0. The van der Waals surface area contributed by atoms with Crippen LogP contribution in [0, 0.1) is 19.7 Å². The Kier molecular flexibility index (Phi) is 4.29. The number of nitrogens with zero attached hydrogens (tertiary/aromatic N) is 5. The van der Waals surface area contributed by atoms with E-state index in [1.807, 2.05) is 29.8 Å². The summed E-state index contributed by atoms with van der Waals surface area (Å²) in [6, 6.07) is 10.8. The second kappa shape index (κ2) is 7.23. The Bertz CT molecular complexity index is 1590. The van der Waals surface area contributed by atoms with Crippen LogP contribution in [-0.4, -0.2) is 24.1 Å². The lowest BCUT2D eigenvalue weighted by molar-refractivity contribution is 0.584. The molecule has 8 heteroatoms. The Balaban J connectivity index is 1.58. The highest BCUT2D eigenvalue weighted by Gasteiger charge is 2.26. The van der Waals surface area contributed by atoms with E-state index in [1.54, 1.807) is 37.5 Å². The molecule has 1 fully saturated rings. The number of aromatic nitrogens is 5. The zero-order chi connectivity index (χ0) is 22.7. The van der Waals surface area contributed by atoms with Crippen LogP contribution in [0.2, 0.25) is 0 Å². The summed E-state index contributed by atoms with van der Waals surface area (Å²) in [6.07, 6.45) is 7.53. The highest BCUT2D eigenvalue weighted by atomic mass is 19.1. The second-order valence-electron chi connectivity index (χ2n) is 8.45. The van der Waals surface area contributed by atoms with E-state index in [0.717, 1.165) is 23.9 Å². The molecule has 1 aliphatic carbocycles. The number of fused-ring (bicyclic) bond motifs is 1. The molecule has 0 atom stereocenters. The first-order chi connectivity index (χ1) is 16.0. The van der Waals surface area contributed by atoms with Crippen molar-refractivity contribution in [1.82, 2.24) is 24.1 Å². The monoisotopic (exact) mass is 441 g/mol. The van der Waals surface area contributed by atoms with Gasteiger partial charge in [-0.1, -0.05) is 12.1 Å². The van der Waals surface area contributed by atoms with Gasteiger partial charge in [-0.3, -0.25) is 4.98 Å². The van der Waals surface area contributed by atoms with Gasteiger partial charge in [-0.15, -0.1) is 0 Å². The lowest BCUT2D eigenvalue weighted by Gasteiger charge is -2.06. The molecule has 1 aromatic carbocycles. The average Bonchev–Trinajstić information content (AvgIpc) is 3.41. The van der Waals surface area contributed by atoms with Crippen molar-refractivity contribution in [3.63, 3.8) is 0 Å². The highest BCUT2D eigenvalue weighted by Crippen LogP contribution is 2.37. The van der Waals surface area contributed by atoms with Crippen molar-refractivity contribution in [1.29, 1.82) is 0 Å². The van der Waals surface area contributed by atoms with Crippen LogP contribution in [0.1, 0.15) is 30.1 Å². The third-order valence-corrected chi connectivity index (χ3v) is 5.95. The lowest BCUT2D eigenvalue weighted by Crippen LogP contribution is -2.22. The van der Waals surface area contributed by atoms with Gasteiger partial charge < -0.3 is 8.98 Å². The molecule has 0 spiro atoms. The normalized spacial score (nSPS) is 13.7. The molecule has 0 unspecified atom stereocenters. The first-order valence-electron chi connectivity index (χ1n) is 10.8. The zero-order valence-corrected chi connectivity index (χ0v) is 18.1. The smallest absolute Gasteiger partial charge is 0.355 e. The molecule has 7 nitrogen and oxygen atoms in total. The van der Waals surface area contributed by atoms with Crippen LogP contribution in [0.4, 0.5) is 4.39 Å². The lowest BCUT2D eigenvalue weighted by atomic mass is 10.1. The molecule has 0 aliphatic heterocycles. The maximum Gasteiger partial charge on any atom is 0.355 e. The van der Waals surface area contributed by atoms with E-state index in [4.69, 9.17) is 4.42 Å². The SMILES string of the molecule is Cc1cc(-c2nc(-n3cc4ccn(C5CC5)c4nc3=O)c(-c3ccc(C)c(F)c3)o2)ccn1. The van der Waals surface area contributed by atoms with Gasteiger partial charge in [-0.2, -0.15) is 9.97 Å². The molecule has 0 N–H and O–H groups in total. The van der Waals surface area contributed by atoms with Crippen LogP contribution in [0.25, 0.3) is 39.6 Å². The van der Waals surface area contributed by atoms with Gasteiger partial charge in [0.25, 0.3) is 0 Å². The Morgan fingerprint density at radius 3 is 2.67 bits per heavy atom. The fourth-order valence-electron chi connectivity index (χ4n) is 4.02. The maximum atomic E-state index is 14.4.